The Morgan fingerprint density at radius 3 is 2.65 bits per heavy atom. The SMILES string of the molecule is COc1cc(N)cc(-c2nnnn2C(C)CC(C)C)c1. The van der Waals surface area contributed by atoms with Crippen molar-refractivity contribution in [2.24, 2.45) is 5.92 Å². The summed E-state index contributed by atoms with van der Waals surface area (Å²) in [4.78, 5) is 0. The van der Waals surface area contributed by atoms with E-state index in [2.05, 4.69) is 36.3 Å². The molecule has 0 saturated carbocycles. The lowest BCUT2D eigenvalue weighted by molar-refractivity contribution is 0.393. The molecule has 0 amide bonds. The van der Waals surface area contributed by atoms with Crippen LogP contribution in [-0.4, -0.2) is 27.3 Å². The van der Waals surface area contributed by atoms with Gasteiger partial charge in [-0.1, -0.05) is 13.8 Å². The zero-order chi connectivity index (χ0) is 14.7. The number of tetrazole rings is 1. The molecule has 0 aliphatic rings. The van der Waals surface area contributed by atoms with Crippen LogP contribution in [0.15, 0.2) is 18.2 Å². The standard InChI is InChI=1S/C14H21N5O/c1-9(2)5-10(3)19-14(16-17-18-19)11-6-12(15)8-13(7-11)20-4/h6-10H,5,15H2,1-4H3. The Kier molecular flexibility index (Phi) is 4.22. The molecular weight excluding hydrogens is 254 g/mol. The predicted molar refractivity (Wildman–Crippen MR) is 78.4 cm³/mol. The van der Waals surface area contributed by atoms with E-state index in [-0.39, 0.29) is 6.04 Å². The van der Waals surface area contributed by atoms with Crippen LogP contribution >= 0.6 is 0 Å². The second kappa shape index (κ2) is 5.90. The van der Waals surface area contributed by atoms with Crippen LogP contribution in [0.3, 0.4) is 0 Å². The molecular formula is C14H21N5O. The van der Waals surface area contributed by atoms with Gasteiger partial charge in [-0.3, -0.25) is 0 Å². The average molecular weight is 275 g/mol. The van der Waals surface area contributed by atoms with Crippen molar-refractivity contribution in [2.45, 2.75) is 33.2 Å². The minimum Gasteiger partial charge on any atom is -0.497 e. The maximum absolute atomic E-state index is 5.89. The van der Waals surface area contributed by atoms with E-state index in [4.69, 9.17) is 10.5 Å². The summed E-state index contributed by atoms with van der Waals surface area (Å²) in [6.07, 6.45) is 1.01. The van der Waals surface area contributed by atoms with Gasteiger partial charge in [-0.15, -0.1) is 5.10 Å². The molecule has 1 unspecified atom stereocenters. The lowest BCUT2D eigenvalue weighted by atomic mass is 10.0. The Morgan fingerprint density at radius 1 is 1.25 bits per heavy atom. The summed E-state index contributed by atoms with van der Waals surface area (Å²) in [6, 6.07) is 5.75. The third kappa shape index (κ3) is 3.07. The van der Waals surface area contributed by atoms with Crippen LogP contribution in [0.4, 0.5) is 5.69 Å². The summed E-state index contributed by atoms with van der Waals surface area (Å²) in [5.74, 6) is 1.99. The highest BCUT2D eigenvalue weighted by Crippen LogP contribution is 2.28. The van der Waals surface area contributed by atoms with Crippen molar-refractivity contribution >= 4 is 5.69 Å². The molecule has 0 radical (unpaired) electrons. The van der Waals surface area contributed by atoms with Crippen molar-refractivity contribution in [1.29, 1.82) is 0 Å². The molecule has 20 heavy (non-hydrogen) atoms. The topological polar surface area (TPSA) is 78.8 Å². The zero-order valence-corrected chi connectivity index (χ0v) is 12.4. The Balaban J connectivity index is 2.39. The Morgan fingerprint density at radius 2 is 2.00 bits per heavy atom. The third-order valence-corrected chi connectivity index (χ3v) is 3.15. The van der Waals surface area contributed by atoms with Crippen LogP contribution in [0.2, 0.25) is 0 Å². The van der Waals surface area contributed by atoms with Gasteiger partial charge in [0.15, 0.2) is 5.82 Å². The summed E-state index contributed by atoms with van der Waals surface area (Å²) in [7, 11) is 1.61. The molecule has 0 bridgehead atoms. The van der Waals surface area contributed by atoms with Crippen LogP contribution in [0, 0.1) is 5.92 Å². The van der Waals surface area contributed by atoms with E-state index in [0.717, 1.165) is 12.0 Å². The number of methoxy groups -OCH3 is 1. The number of nitrogen functional groups attached to an aromatic ring is 1. The molecule has 0 aliphatic carbocycles. The predicted octanol–water partition coefficient (Wildman–Crippen LogP) is 2.54. The monoisotopic (exact) mass is 275 g/mol. The average Bonchev–Trinajstić information content (AvgIpc) is 2.86. The molecule has 0 fully saturated rings. The molecule has 1 aromatic heterocycles. The van der Waals surface area contributed by atoms with Crippen molar-refractivity contribution < 1.29 is 4.74 Å². The fraction of sp³-hybridized carbons (Fsp3) is 0.500. The second-order valence-electron chi connectivity index (χ2n) is 5.42. The van der Waals surface area contributed by atoms with Gasteiger partial charge in [0, 0.05) is 17.3 Å². The summed E-state index contributed by atoms with van der Waals surface area (Å²) in [5, 5.41) is 12.0. The van der Waals surface area contributed by atoms with Gasteiger partial charge in [0.25, 0.3) is 0 Å². The van der Waals surface area contributed by atoms with E-state index in [9.17, 15) is 0 Å². The largest absolute Gasteiger partial charge is 0.497 e. The van der Waals surface area contributed by atoms with Crippen LogP contribution < -0.4 is 10.5 Å². The number of hydrogen-bond donors (Lipinski definition) is 1. The molecule has 0 saturated heterocycles. The number of ether oxygens (including phenoxy) is 1. The van der Waals surface area contributed by atoms with Crippen LogP contribution in [0.1, 0.15) is 33.2 Å². The van der Waals surface area contributed by atoms with Crippen molar-refractivity contribution in [2.75, 3.05) is 12.8 Å². The van der Waals surface area contributed by atoms with Crippen LogP contribution in [0.25, 0.3) is 11.4 Å². The van der Waals surface area contributed by atoms with E-state index in [1.54, 1.807) is 13.2 Å². The van der Waals surface area contributed by atoms with Gasteiger partial charge in [-0.05, 0) is 41.8 Å². The number of hydrogen-bond acceptors (Lipinski definition) is 5. The van der Waals surface area contributed by atoms with Gasteiger partial charge in [0.05, 0.1) is 13.2 Å². The molecule has 2 rings (SSSR count). The van der Waals surface area contributed by atoms with Gasteiger partial charge >= 0.3 is 0 Å². The summed E-state index contributed by atoms with van der Waals surface area (Å²) in [6.45, 7) is 6.48. The van der Waals surface area contributed by atoms with E-state index in [0.29, 0.717) is 23.2 Å². The van der Waals surface area contributed by atoms with Gasteiger partial charge in [-0.2, -0.15) is 0 Å². The van der Waals surface area contributed by atoms with Crippen molar-refractivity contribution in [3.63, 3.8) is 0 Å². The second-order valence-corrected chi connectivity index (χ2v) is 5.42. The molecule has 108 valence electrons. The number of benzene rings is 1. The first-order chi connectivity index (χ1) is 9.51. The smallest absolute Gasteiger partial charge is 0.182 e. The highest BCUT2D eigenvalue weighted by atomic mass is 16.5. The van der Waals surface area contributed by atoms with Crippen LogP contribution in [-0.2, 0) is 0 Å². The van der Waals surface area contributed by atoms with Crippen molar-refractivity contribution in [1.82, 2.24) is 20.2 Å². The minimum absolute atomic E-state index is 0.229. The van der Waals surface area contributed by atoms with E-state index in [1.807, 2.05) is 16.8 Å². The van der Waals surface area contributed by atoms with E-state index in [1.165, 1.54) is 0 Å². The molecule has 1 heterocycles. The molecule has 0 spiro atoms. The lowest BCUT2D eigenvalue weighted by Gasteiger charge is -2.16. The number of nitrogens with two attached hydrogens (primary N) is 1. The van der Waals surface area contributed by atoms with Crippen LogP contribution in [0.5, 0.6) is 5.75 Å². The number of nitrogens with zero attached hydrogens (tertiary/aromatic N) is 4. The fourth-order valence-electron chi connectivity index (χ4n) is 2.33. The quantitative estimate of drug-likeness (QED) is 0.848. The highest BCUT2D eigenvalue weighted by molar-refractivity contribution is 5.64. The Bertz CT molecular complexity index is 579. The van der Waals surface area contributed by atoms with Gasteiger partial charge < -0.3 is 10.5 Å². The molecule has 6 heteroatoms. The first-order valence-corrected chi connectivity index (χ1v) is 6.74. The Hall–Kier alpha value is -2.11. The number of anilines is 1. The normalized spacial score (nSPS) is 12.7. The maximum Gasteiger partial charge on any atom is 0.182 e. The fourth-order valence-corrected chi connectivity index (χ4v) is 2.33. The van der Waals surface area contributed by atoms with E-state index < -0.39 is 0 Å². The summed E-state index contributed by atoms with van der Waals surface area (Å²) in [5.41, 5.74) is 7.38. The lowest BCUT2D eigenvalue weighted by Crippen LogP contribution is -2.11. The first-order valence-electron chi connectivity index (χ1n) is 6.74. The van der Waals surface area contributed by atoms with E-state index >= 15 is 0 Å². The highest BCUT2D eigenvalue weighted by Gasteiger charge is 2.16. The van der Waals surface area contributed by atoms with Gasteiger partial charge in [0.2, 0.25) is 0 Å². The van der Waals surface area contributed by atoms with Crippen molar-refractivity contribution in [3.8, 4) is 17.1 Å². The number of rotatable bonds is 5. The summed E-state index contributed by atoms with van der Waals surface area (Å²) >= 11 is 0. The van der Waals surface area contributed by atoms with Gasteiger partial charge in [-0.25, -0.2) is 4.68 Å². The third-order valence-electron chi connectivity index (χ3n) is 3.15. The van der Waals surface area contributed by atoms with Gasteiger partial charge in [0.1, 0.15) is 5.75 Å². The zero-order valence-electron chi connectivity index (χ0n) is 12.4. The molecule has 0 aliphatic heterocycles. The summed E-state index contributed by atoms with van der Waals surface area (Å²) < 4.78 is 7.08. The van der Waals surface area contributed by atoms with Crippen molar-refractivity contribution in [3.05, 3.63) is 18.2 Å². The molecule has 2 aromatic rings. The Labute approximate surface area is 118 Å². The molecule has 6 nitrogen and oxygen atoms in total. The maximum atomic E-state index is 5.89. The number of aromatic nitrogens is 4. The molecule has 1 aromatic carbocycles. The first kappa shape index (κ1) is 14.3. The molecule has 1 atom stereocenters. The minimum atomic E-state index is 0.229. The molecule has 2 N–H and O–H groups in total.